The van der Waals surface area contributed by atoms with Gasteiger partial charge in [-0.1, -0.05) is 0 Å². The third kappa shape index (κ3) is 2.01. The molecular weight excluding hydrogens is 190 g/mol. The fraction of sp³-hybridized carbons (Fsp3) is 0.500. The molecule has 1 N–H and O–H groups in total. The Morgan fingerprint density at radius 3 is 2.47 bits per heavy atom. The minimum Gasteiger partial charge on any atom is -0.490 e. The first-order valence-electron chi connectivity index (χ1n) is 5.51. The molecule has 1 heterocycles. The number of hydrogen-bond acceptors (Lipinski definition) is 3. The zero-order chi connectivity index (χ0) is 10.7. The van der Waals surface area contributed by atoms with Crippen molar-refractivity contribution in [1.29, 1.82) is 0 Å². The van der Waals surface area contributed by atoms with E-state index in [1.807, 2.05) is 19.9 Å². The molecular formula is C12H17NO2. The van der Waals surface area contributed by atoms with E-state index in [0.717, 1.165) is 24.5 Å². The van der Waals surface area contributed by atoms with Crippen molar-refractivity contribution in [2.24, 2.45) is 0 Å². The number of fused-ring (bicyclic) bond motifs is 1. The topological polar surface area (TPSA) is 30.5 Å². The van der Waals surface area contributed by atoms with Crippen LogP contribution < -0.4 is 14.8 Å². The van der Waals surface area contributed by atoms with E-state index in [1.54, 1.807) is 0 Å². The van der Waals surface area contributed by atoms with E-state index in [1.165, 1.54) is 11.3 Å². The largest absolute Gasteiger partial charge is 0.490 e. The van der Waals surface area contributed by atoms with Gasteiger partial charge in [0.25, 0.3) is 0 Å². The van der Waals surface area contributed by atoms with Crippen LogP contribution in [0.15, 0.2) is 12.1 Å². The van der Waals surface area contributed by atoms with Crippen LogP contribution in [0.5, 0.6) is 11.5 Å². The minimum absolute atomic E-state index is 0.666. The van der Waals surface area contributed by atoms with E-state index in [0.29, 0.717) is 13.2 Å². The fourth-order valence-electron chi connectivity index (χ4n) is 1.84. The predicted molar refractivity (Wildman–Crippen MR) is 61.0 cm³/mol. The molecule has 0 bridgehead atoms. The molecule has 82 valence electrons. The molecule has 1 aromatic carbocycles. The summed E-state index contributed by atoms with van der Waals surface area (Å²) in [6.45, 7) is 6.32. The molecule has 0 radical (unpaired) electrons. The van der Waals surface area contributed by atoms with Crippen LogP contribution in [-0.4, -0.2) is 19.8 Å². The van der Waals surface area contributed by atoms with Crippen LogP contribution in [0.3, 0.4) is 0 Å². The summed E-state index contributed by atoms with van der Waals surface area (Å²) in [4.78, 5) is 0. The summed E-state index contributed by atoms with van der Waals surface area (Å²) in [5, 5.41) is 3.33. The highest BCUT2D eigenvalue weighted by molar-refractivity contribution is 5.63. The normalized spacial score (nSPS) is 13.2. The third-order valence-electron chi connectivity index (χ3n) is 2.48. The Kier molecular flexibility index (Phi) is 2.99. The van der Waals surface area contributed by atoms with E-state index in [-0.39, 0.29) is 0 Å². The van der Waals surface area contributed by atoms with Crippen LogP contribution >= 0.6 is 0 Å². The maximum Gasteiger partial charge on any atom is 0.163 e. The molecule has 15 heavy (non-hydrogen) atoms. The lowest BCUT2D eigenvalue weighted by Gasteiger charge is -2.12. The average molecular weight is 207 g/mol. The van der Waals surface area contributed by atoms with Crippen LogP contribution in [0.25, 0.3) is 0 Å². The average Bonchev–Trinajstić information content (AvgIpc) is 2.66. The maximum absolute atomic E-state index is 5.56. The molecule has 0 atom stereocenters. The first kappa shape index (κ1) is 10.1. The molecule has 0 aliphatic carbocycles. The van der Waals surface area contributed by atoms with Gasteiger partial charge in [0, 0.05) is 18.3 Å². The van der Waals surface area contributed by atoms with Crippen LogP contribution in [0, 0.1) is 0 Å². The fourth-order valence-corrected chi connectivity index (χ4v) is 1.84. The summed E-state index contributed by atoms with van der Waals surface area (Å²) in [6.07, 6.45) is 1.07. The van der Waals surface area contributed by atoms with Crippen molar-refractivity contribution in [3.05, 3.63) is 17.7 Å². The Labute approximate surface area is 90.4 Å². The molecule has 0 saturated carbocycles. The van der Waals surface area contributed by atoms with E-state index in [4.69, 9.17) is 9.47 Å². The van der Waals surface area contributed by atoms with Crippen molar-refractivity contribution < 1.29 is 9.47 Å². The van der Waals surface area contributed by atoms with E-state index >= 15 is 0 Å². The summed E-state index contributed by atoms with van der Waals surface area (Å²) in [6, 6.07) is 4.13. The second-order valence-corrected chi connectivity index (χ2v) is 3.50. The predicted octanol–water partition coefficient (Wildman–Crippen LogP) is 2.45. The number of nitrogens with one attached hydrogen (secondary N) is 1. The quantitative estimate of drug-likeness (QED) is 0.822. The van der Waals surface area contributed by atoms with Crippen molar-refractivity contribution in [2.45, 2.75) is 20.3 Å². The summed E-state index contributed by atoms with van der Waals surface area (Å²) in [7, 11) is 0. The minimum atomic E-state index is 0.666. The van der Waals surface area contributed by atoms with Gasteiger partial charge in [-0.05, 0) is 31.9 Å². The Hall–Kier alpha value is -1.38. The Bertz CT molecular complexity index is 317. The number of rotatable bonds is 4. The summed E-state index contributed by atoms with van der Waals surface area (Å²) >= 11 is 0. The standard InChI is InChI=1S/C12H17NO2/c1-3-14-11-7-9-5-6-13-10(9)8-12(11)15-4-2/h7-8,13H,3-6H2,1-2H3. The molecule has 0 fully saturated rings. The third-order valence-corrected chi connectivity index (χ3v) is 2.48. The van der Waals surface area contributed by atoms with E-state index in [9.17, 15) is 0 Å². The number of hydrogen-bond donors (Lipinski definition) is 1. The number of anilines is 1. The van der Waals surface area contributed by atoms with E-state index in [2.05, 4.69) is 11.4 Å². The zero-order valence-corrected chi connectivity index (χ0v) is 9.30. The van der Waals surface area contributed by atoms with Crippen molar-refractivity contribution in [2.75, 3.05) is 25.1 Å². The van der Waals surface area contributed by atoms with Crippen LogP contribution in [0.1, 0.15) is 19.4 Å². The van der Waals surface area contributed by atoms with Gasteiger partial charge in [0.15, 0.2) is 11.5 Å². The molecule has 0 unspecified atom stereocenters. The van der Waals surface area contributed by atoms with Gasteiger partial charge in [0.05, 0.1) is 13.2 Å². The van der Waals surface area contributed by atoms with Crippen LogP contribution in [0.4, 0.5) is 5.69 Å². The molecule has 0 amide bonds. The van der Waals surface area contributed by atoms with Gasteiger partial charge < -0.3 is 14.8 Å². The lowest BCUT2D eigenvalue weighted by Crippen LogP contribution is -1.99. The maximum atomic E-state index is 5.56. The Morgan fingerprint density at radius 2 is 1.80 bits per heavy atom. The first-order chi connectivity index (χ1) is 7.35. The molecule has 1 aliphatic heterocycles. The van der Waals surface area contributed by atoms with Gasteiger partial charge in [-0.25, -0.2) is 0 Å². The smallest absolute Gasteiger partial charge is 0.163 e. The number of benzene rings is 1. The monoisotopic (exact) mass is 207 g/mol. The summed E-state index contributed by atoms with van der Waals surface area (Å²) in [5.74, 6) is 1.70. The molecule has 3 nitrogen and oxygen atoms in total. The summed E-state index contributed by atoms with van der Waals surface area (Å²) in [5.41, 5.74) is 2.50. The molecule has 0 saturated heterocycles. The first-order valence-corrected chi connectivity index (χ1v) is 5.51. The zero-order valence-electron chi connectivity index (χ0n) is 9.30. The van der Waals surface area contributed by atoms with E-state index < -0.39 is 0 Å². The van der Waals surface area contributed by atoms with Gasteiger partial charge in [0.1, 0.15) is 0 Å². The Morgan fingerprint density at radius 1 is 1.13 bits per heavy atom. The summed E-state index contributed by atoms with van der Waals surface area (Å²) < 4.78 is 11.1. The van der Waals surface area contributed by atoms with Crippen LogP contribution in [-0.2, 0) is 6.42 Å². The van der Waals surface area contributed by atoms with Gasteiger partial charge in [-0.2, -0.15) is 0 Å². The highest BCUT2D eigenvalue weighted by atomic mass is 16.5. The number of ether oxygens (including phenoxy) is 2. The van der Waals surface area contributed by atoms with Gasteiger partial charge in [-0.15, -0.1) is 0 Å². The van der Waals surface area contributed by atoms with Crippen molar-refractivity contribution in [3.8, 4) is 11.5 Å². The van der Waals surface area contributed by atoms with Gasteiger partial charge in [-0.3, -0.25) is 0 Å². The molecule has 0 aromatic heterocycles. The van der Waals surface area contributed by atoms with Crippen molar-refractivity contribution >= 4 is 5.69 Å². The second-order valence-electron chi connectivity index (χ2n) is 3.50. The van der Waals surface area contributed by atoms with Crippen LogP contribution in [0.2, 0.25) is 0 Å². The van der Waals surface area contributed by atoms with Gasteiger partial charge >= 0.3 is 0 Å². The lowest BCUT2D eigenvalue weighted by molar-refractivity contribution is 0.288. The molecule has 3 heteroatoms. The van der Waals surface area contributed by atoms with Crippen molar-refractivity contribution in [1.82, 2.24) is 0 Å². The SMILES string of the molecule is CCOc1cc2c(cc1OCC)NCC2. The molecule has 1 aliphatic rings. The van der Waals surface area contributed by atoms with Gasteiger partial charge in [0.2, 0.25) is 0 Å². The Balaban J connectivity index is 2.33. The molecule has 1 aromatic rings. The molecule has 2 rings (SSSR count). The van der Waals surface area contributed by atoms with Crippen molar-refractivity contribution in [3.63, 3.8) is 0 Å². The lowest BCUT2D eigenvalue weighted by atomic mass is 10.1. The highest BCUT2D eigenvalue weighted by Gasteiger charge is 2.15. The molecule has 0 spiro atoms. The second kappa shape index (κ2) is 4.43. The highest BCUT2D eigenvalue weighted by Crippen LogP contribution is 2.36.